The third-order valence-electron chi connectivity index (χ3n) is 3.69. The topological polar surface area (TPSA) is 134 Å². The zero-order chi connectivity index (χ0) is 23.5. The minimum Gasteiger partial charge on any atom is -0.288 e. The van der Waals surface area contributed by atoms with Crippen LogP contribution in [-0.4, -0.2) is 34.5 Å². The zero-order valence-electron chi connectivity index (χ0n) is 15.5. The van der Waals surface area contributed by atoms with Gasteiger partial charge >= 0.3 is 12.1 Å². The Hall–Kier alpha value is -2.94. The van der Waals surface area contributed by atoms with Crippen LogP contribution in [0.4, 0.5) is 18.9 Å². The Morgan fingerprint density at radius 2 is 1.84 bits per heavy atom. The van der Waals surface area contributed by atoms with Crippen molar-refractivity contribution in [3.63, 3.8) is 0 Å². The number of hydrogen-bond donors (Lipinski definition) is 3. The van der Waals surface area contributed by atoms with Gasteiger partial charge in [0.1, 0.15) is 10.1 Å². The summed E-state index contributed by atoms with van der Waals surface area (Å²) in [5.41, 5.74) is 0.135. The second-order valence-electron chi connectivity index (χ2n) is 5.89. The minimum atomic E-state index is -4.82. The van der Waals surface area contributed by atoms with E-state index in [-0.39, 0.29) is 11.5 Å². The van der Waals surface area contributed by atoms with Crippen LogP contribution >= 0.6 is 23.4 Å². The molecule has 9 nitrogen and oxygen atoms in total. The highest BCUT2D eigenvalue weighted by molar-refractivity contribution is 7.99. The fourth-order valence-electron chi connectivity index (χ4n) is 2.27. The van der Waals surface area contributed by atoms with E-state index in [1.54, 1.807) is 0 Å². The molecule has 32 heavy (non-hydrogen) atoms. The molecule has 0 aliphatic heterocycles. The summed E-state index contributed by atoms with van der Waals surface area (Å²) < 4.78 is 66.1. The Bertz CT molecular complexity index is 1260. The van der Waals surface area contributed by atoms with Crippen molar-refractivity contribution in [2.45, 2.75) is 21.1 Å². The van der Waals surface area contributed by atoms with Gasteiger partial charge in [-0.25, -0.2) is 28.8 Å². The molecular formula is C17H11ClF3N5O4S2. The normalized spacial score (nSPS) is 11.8. The van der Waals surface area contributed by atoms with E-state index in [9.17, 15) is 26.4 Å². The first-order valence-electron chi connectivity index (χ1n) is 8.30. The van der Waals surface area contributed by atoms with E-state index in [0.717, 1.165) is 30.1 Å². The van der Waals surface area contributed by atoms with Crippen LogP contribution in [0.1, 0.15) is 16.2 Å². The second-order valence-corrected chi connectivity index (χ2v) is 9.02. The number of carbonyl (C=O) groups excluding carboxylic acids is 1. The van der Waals surface area contributed by atoms with Gasteiger partial charge in [0.15, 0.2) is 0 Å². The summed E-state index contributed by atoms with van der Waals surface area (Å²) in [6.45, 7) is 0. The van der Waals surface area contributed by atoms with Gasteiger partial charge in [0.25, 0.3) is 10.0 Å². The number of pyridine rings is 1. The minimum absolute atomic E-state index is 0.000827. The van der Waals surface area contributed by atoms with Crippen LogP contribution in [0.5, 0.6) is 0 Å². The molecule has 0 spiro atoms. The Morgan fingerprint density at radius 3 is 2.47 bits per heavy atom. The van der Waals surface area contributed by atoms with Crippen LogP contribution in [0.2, 0.25) is 5.02 Å². The van der Waals surface area contributed by atoms with E-state index in [4.69, 9.17) is 16.8 Å². The summed E-state index contributed by atoms with van der Waals surface area (Å²) in [5.74, 6) is -1.18. The van der Waals surface area contributed by atoms with Gasteiger partial charge in [-0.3, -0.25) is 14.7 Å². The maximum absolute atomic E-state index is 13.0. The number of benzene rings is 1. The highest BCUT2D eigenvalue weighted by Crippen LogP contribution is 2.36. The average molecular weight is 506 g/mol. The van der Waals surface area contributed by atoms with Gasteiger partial charge in [-0.15, -0.1) is 0 Å². The van der Waals surface area contributed by atoms with Gasteiger partial charge in [0, 0.05) is 6.20 Å². The number of carbonyl (C=O) groups is 1. The van der Waals surface area contributed by atoms with Crippen molar-refractivity contribution in [3.05, 3.63) is 65.2 Å². The van der Waals surface area contributed by atoms with Crippen LogP contribution in [0.3, 0.4) is 0 Å². The van der Waals surface area contributed by atoms with E-state index in [2.05, 4.69) is 19.7 Å². The van der Waals surface area contributed by atoms with Crippen molar-refractivity contribution in [1.29, 1.82) is 0 Å². The maximum Gasteiger partial charge on any atom is 0.417 e. The van der Waals surface area contributed by atoms with Gasteiger partial charge in [-0.1, -0.05) is 11.6 Å². The average Bonchev–Trinajstić information content (AvgIpc) is 2.74. The largest absolute Gasteiger partial charge is 0.417 e. The Balaban J connectivity index is 1.77. The van der Waals surface area contributed by atoms with E-state index in [1.807, 2.05) is 0 Å². The van der Waals surface area contributed by atoms with Gasteiger partial charge in [0.05, 0.1) is 27.4 Å². The third-order valence-corrected chi connectivity index (χ3v) is 6.28. The molecule has 168 valence electrons. The molecule has 1 amide bonds. The lowest BCUT2D eigenvalue weighted by Gasteiger charge is -2.12. The molecular weight excluding hydrogens is 495 g/mol. The standard InChI is InChI=1S/C17H11ClF3N5O4S2/c18-12-3-2-10(7-11(12)17(19,20)21)32(29,30)26-9-1-4-13(23-8-9)31-14-5-6-22-15(24-14)16(27)25-28/h1-8,26,28H,(H,25,27). The van der Waals surface area contributed by atoms with Gasteiger partial charge < -0.3 is 0 Å². The van der Waals surface area contributed by atoms with Gasteiger partial charge in [0.2, 0.25) is 5.82 Å². The fourth-order valence-corrected chi connectivity index (χ4v) is 4.28. The van der Waals surface area contributed by atoms with Crippen LogP contribution < -0.4 is 10.2 Å². The van der Waals surface area contributed by atoms with E-state index in [0.29, 0.717) is 16.1 Å². The Morgan fingerprint density at radius 1 is 1.09 bits per heavy atom. The number of amides is 1. The Kier molecular flexibility index (Phi) is 6.88. The first-order chi connectivity index (χ1) is 15.0. The van der Waals surface area contributed by atoms with Crippen molar-refractivity contribution in [1.82, 2.24) is 20.4 Å². The molecule has 15 heteroatoms. The maximum atomic E-state index is 13.0. The lowest BCUT2D eigenvalue weighted by atomic mass is 10.2. The predicted molar refractivity (Wildman–Crippen MR) is 107 cm³/mol. The molecule has 2 aromatic heterocycles. The van der Waals surface area contributed by atoms with Crippen molar-refractivity contribution in [3.8, 4) is 0 Å². The monoisotopic (exact) mass is 505 g/mol. The Labute approximate surface area is 188 Å². The number of anilines is 1. The number of alkyl halides is 3. The molecule has 0 atom stereocenters. The van der Waals surface area contributed by atoms with Crippen molar-refractivity contribution < 1.29 is 31.6 Å². The number of halogens is 4. The van der Waals surface area contributed by atoms with Gasteiger partial charge in [-0.05, 0) is 48.2 Å². The lowest BCUT2D eigenvalue weighted by Crippen LogP contribution is -2.21. The number of nitrogens with one attached hydrogen (secondary N) is 2. The predicted octanol–water partition coefficient (Wildman–Crippen LogP) is 3.61. The van der Waals surface area contributed by atoms with E-state index < -0.39 is 37.6 Å². The smallest absolute Gasteiger partial charge is 0.288 e. The third kappa shape index (κ3) is 5.64. The summed E-state index contributed by atoms with van der Waals surface area (Å²) in [6.07, 6.45) is -2.37. The number of aromatic nitrogens is 3. The van der Waals surface area contributed by atoms with Crippen LogP contribution in [0.15, 0.2) is 63.7 Å². The molecule has 3 aromatic rings. The van der Waals surface area contributed by atoms with Crippen LogP contribution in [-0.2, 0) is 16.2 Å². The number of rotatable bonds is 6. The zero-order valence-corrected chi connectivity index (χ0v) is 17.8. The first kappa shape index (κ1) is 23.7. The summed E-state index contributed by atoms with van der Waals surface area (Å²) in [5, 5.41) is 8.69. The second kappa shape index (κ2) is 9.28. The molecule has 0 bridgehead atoms. The molecule has 0 saturated carbocycles. The summed E-state index contributed by atoms with van der Waals surface area (Å²) in [7, 11) is -4.35. The first-order valence-corrected chi connectivity index (χ1v) is 11.0. The van der Waals surface area contributed by atoms with Crippen molar-refractivity contribution in [2.24, 2.45) is 0 Å². The number of hydrogen-bond acceptors (Lipinski definition) is 8. The fraction of sp³-hybridized carbons (Fsp3) is 0.0588. The summed E-state index contributed by atoms with van der Waals surface area (Å²) in [6, 6.07) is 6.50. The number of sulfonamides is 1. The molecule has 0 aliphatic rings. The lowest BCUT2D eigenvalue weighted by molar-refractivity contribution is -0.137. The molecule has 0 radical (unpaired) electrons. The van der Waals surface area contributed by atoms with Crippen LogP contribution in [0.25, 0.3) is 0 Å². The van der Waals surface area contributed by atoms with Crippen molar-refractivity contribution in [2.75, 3.05) is 4.72 Å². The van der Waals surface area contributed by atoms with E-state index in [1.165, 1.54) is 29.9 Å². The highest BCUT2D eigenvalue weighted by atomic mass is 35.5. The molecule has 3 N–H and O–H groups in total. The molecule has 0 fully saturated rings. The number of nitrogens with zero attached hydrogens (tertiary/aromatic N) is 3. The summed E-state index contributed by atoms with van der Waals surface area (Å²) in [4.78, 5) is 22.4. The molecule has 0 unspecified atom stereocenters. The van der Waals surface area contributed by atoms with E-state index >= 15 is 0 Å². The quantitative estimate of drug-likeness (QED) is 0.263. The van der Waals surface area contributed by atoms with Crippen LogP contribution in [0, 0.1) is 0 Å². The SMILES string of the molecule is O=C(NO)c1nccc(Sc2ccc(NS(=O)(=O)c3ccc(Cl)c(C(F)(F)F)c3)cn2)n1. The highest BCUT2D eigenvalue weighted by Gasteiger charge is 2.34. The molecule has 1 aromatic carbocycles. The molecule has 0 saturated heterocycles. The summed E-state index contributed by atoms with van der Waals surface area (Å²) >= 11 is 6.54. The molecule has 0 aliphatic carbocycles. The van der Waals surface area contributed by atoms with Crippen molar-refractivity contribution >= 4 is 45.0 Å². The van der Waals surface area contributed by atoms with Gasteiger partial charge in [-0.2, -0.15) is 13.2 Å². The molecule has 2 heterocycles. The number of hydroxylamine groups is 1. The molecule has 3 rings (SSSR count).